The number of rotatable bonds is 5. The van der Waals surface area contributed by atoms with Crippen LogP contribution in [0.25, 0.3) is 0 Å². The Kier molecular flexibility index (Phi) is 4.42. The third-order valence-electron chi connectivity index (χ3n) is 3.02. The van der Waals surface area contributed by atoms with Gasteiger partial charge in [0.2, 0.25) is 0 Å². The first-order chi connectivity index (χ1) is 9.19. The van der Waals surface area contributed by atoms with Crippen molar-refractivity contribution in [2.24, 2.45) is 0 Å². The lowest BCUT2D eigenvalue weighted by Gasteiger charge is -2.16. The van der Waals surface area contributed by atoms with E-state index >= 15 is 0 Å². The number of benzene rings is 2. The maximum absolute atomic E-state index is 9.47. The molecule has 0 fully saturated rings. The normalized spacial score (nSPS) is 12.1. The van der Waals surface area contributed by atoms with E-state index in [2.05, 4.69) is 6.07 Å². The Bertz CT molecular complexity index is 520. The molecule has 0 amide bonds. The van der Waals surface area contributed by atoms with Crippen LogP contribution >= 0.6 is 0 Å². The summed E-state index contributed by atoms with van der Waals surface area (Å²) in [6, 6.07) is 14.6. The summed E-state index contributed by atoms with van der Waals surface area (Å²) in [6.45, 7) is 2.48. The highest BCUT2D eigenvalue weighted by molar-refractivity contribution is 5.30. The minimum Gasteiger partial charge on any atom is -0.508 e. The number of aryl methyl sites for hydroxylation is 1. The molecular formula is C16H18O3. The van der Waals surface area contributed by atoms with Gasteiger partial charge in [0.05, 0.1) is 13.2 Å². The Hall–Kier alpha value is -2.00. The molecule has 100 valence electrons. The Morgan fingerprint density at radius 1 is 1.11 bits per heavy atom. The first kappa shape index (κ1) is 13.4. The van der Waals surface area contributed by atoms with E-state index in [-0.39, 0.29) is 18.3 Å². The van der Waals surface area contributed by atoms with Crippen LogP contribution in [0.15, 0.2) is 48.5 Å². The lowest BCUT2D eigenvalue weighted by Crippen LogP contribution is -2.14. The maximum Gasteiger partial charge on any atom is 0.119 e. The summed E-state index contributed by atoms with van der Waals surface area (Å²) in [6.07, 6.45) is 0. The van der Waals surface area contributed by atoms with Crippen molar-refractivity contribution in [2.75, 3.05) is 13.2 Å². The molecule has 0 spiro atoms. The van der Waals surface area contributed by atoms with Gasteiger partial charge in [0.25, 0.3) is 0 Å². The molecule has 0 radical (unpaired) electrons. The van der Waals surface area contributed by atoms with Crippen LogP contribution in [-0.2, 0) is 0 Å². The molecule has 2 aromatic rings. The molecule has 0 heterocycles. The van der Waals surface area contributed by atoms with Crippen LogP contribution in [0, 0.1) is 6.92 Å². The molecule has 3 heteroatoms. The van der Waals surface area contributed by atoms with Gasteiger partial charge in [-0.3, -0.25) is 0 Å². The number of aliphatic hydroxyl groups is 1. The molecule has 1 atom stereocenters. The van der Waals surface area contributed by atoms with Gasteiger partial charge < -0.3 is 14.9 Å². The van der Waals surface area contributed by atoms with E-state index in [1.165, 1.54) is 5.56 Å². The van der Waals surface area contributed by atoms with E-state index in [1.807, 2.05) is 25.1 Å². The van der Waals surface area contributed by atoms with Crippen LogP contribution in [0.2, 0.25) is 0 Å². The summed E-state index contributed by atoms with van der Waals surface area (Å²) in [5.41, 5.74) is 2.24. The average Bonchev–Trinajstić information content (AvgIpc) is 2.42. The predicted molar refractivity (Wildman–Crippen MR) is 74.6 cm³/mol. The van der Waals surface area contributed by atoms with Gasteiger partial charge in [-0.1, -0.05) is 29.8 Å². The van der Waals surface area contributed by atoms with Crippen LogP contribution in [-0.4, -0.2) is 23.4 Å². The van der Waals surface area contributed by atoms with E-state index in [0.29, 0.717) is 12.4 Å². The van der Waals surface area contributed by atoms with Gasteiger partial charge >= 0.3 is 0 Å². The summed E-state index contributed by atoms with van der Waals surface area (Å²) < 4.78 is 5.64. The highest BCUT2D eigenvalue weighted by Gasteiger charge is 2.11. The average molecular weight is 258 g/mol. The van der Waals surface area contributed by atoms with E-state index in [1.54, 1.807) is 24.3 Å². The van der Waals surface area contributed by atoms with Crippen molar-refractivity contribution in [2.45, 2.75) is 12.8 Å². The van der Waals surface area contributed by atoms with Gasteiger partial charge in [0, 0.05) is 5.92 Å². The Morgan fingerprint density at radius 3 is 2.47 bits per heavy atom. The lowest BCUT2D eigenvalue weighted by atomic mass is 9.99. The fraction of sp³-hybridized carbons (Fsp3) is 0.250. The van der Waals surface area contributed by atoms with Crippen LogP contribution in [0.4, 0.5) is 0 Å². The monoisotopic (exact) mass is 258 g/mol. The zero-order chi connectivity index (χ0) is 13.7. The van der Waals surface area contributed by atoms with E-state index in [0.717, 1.165) is 5.56 Å². The molecule has 2 rings (SSSR count). The minimum atomic E-state index is -0.0475. The van der Waals surface area contributed by atoms with Gasteiger partial charge in [-0.25, -0.2) is 0 Å². The van der Waals surface area contributed by atoms with Crippen molar-refractivity contribution in [3.63, 3.8) is 0 Å². The topological polar surface area (TPSA) is 49.7 Å². The van der Waals surface area contributed by atoms with Gasteiger partial charge in [-0.15, -0.1) is 0 Å². The van der Waals surface area contributed by atoms with Crippen molar-refractivity contribution in [1.29, 1.82) is 0 Å². The van der Waals surface area contributed by atoms with Crippen molar-refractivity contribution in [1.82, 2.24) is 0 Å². The number of ether oxygens (including phenoxy) is 1. The highest BCUT2D eigenvalue weighted by atomic mass is 16.5. The van der Waals surface area contributed by atoms with E-state index in [9.17, 15) is 10.2 Å². The molecule has 2 N–H and O–H groups in total. The van der Waals surface area contributed by atoms with Gasteiger partial charge in [0.1, 0.15) is 11.5 Å². The summed E-state index contributed by atoms with van der Waals surface area (Å²) in [5.74, 6) is 0.849. The molecule has 0 aliphatic heterocycles. The molecule has 0 aromatic heterocycles. The molecule has 0 aliphatic carbocycles. The Balaban J connectivity index is 2.01. The lowest BCUT2D eigenvalue weighted by molar-refractivity contribution is 0.205. The number of aliphatic hydroxyl groups excluding tert-OH is 1. The highest BCUT2D eigenvalue weighted by Crippen LogP contribution is 2.20. The summed E-state index contributed by atoms with van der Waals surface area (Å²) >= 11 is 0. The fourth-order valence-electron chi connectivity index (χ4n) is 1.92. The maximum atomic E-state index is 9.47. The first-order valence-corrected chi connectivity index (χ1v) is 6.28. The number of hydrogen-bond acceptors (Lipinski definition) is 3. The molecule has 2 aromatic carbocycles. The minimum absolute atomic E-state index is 0.0432. The zero-order valence-corrected chi connectivity index (χ0v) is 10.9. The molecule has 0 saturated carbocycles. The van der Waals surface area contributed by atoms with Crippen molar-refractivity contribution in [3.8, 4) is 11.5 Å². The third-order valence-corrected chi connectivity index (χ3v) is 3.02. The second-order valence-corrected chi connectivity index (χ2v) is 4.60. The number of hydrogen-bond donors (Lipinski definition) is 2. The van der Waals surface area contributed by atoms with E-state index < -0.39 is 0 Å². The van der Waals surface area contributed by atoms with Crippen molar-refractivity contribution < 1.29 is 14.9 Å². The second kappa shape index (κ2) is 6.25. The van der Waals surface area contributed by atoms with Crippen molar-refractivity contribution >= 4 is 0 Å². The summed E-state index contributed by atoms with van der Waals surface area (Å²) in [4.78, 5) is 0. The molecule has 0 bridgehead atoms. The third kappa shape index (κ3) is 3.73. The summed E-state index contributed by atoms with van der Waals surface area (Å²) in [5, 5.41) is 18.7. The quantitative estimate of drug-likeness (QED) is 0.867. The number of phenolic OH excluding ortho intramolecular Hbond substituents is 1. The largest absolute Gasteiger partial charge is 0.508 e. The summed E-state index contributed by atoms with van der Waals surface area (Å²) in [7, 11) is 0. The molecule has 0 saturated heterocycles. The van der Waals surface area contributed by atoms with Gasteiger partial charge in [-0.05, 0) is 36.8 Å². The Labute approximate surface area is 113 Å². The standard InChI is InChI=1S/C16H18O3/c1-12-3-2-4-13(9-12)14(10-17)11-19-16-7-5-15(18)6-8-16/h2-9,14,17-18H,10-11H2,1H3. The second-order valence-electron chi connectivity index (χ2n) is 4.60. The SMILES string of the molecule is Cc1cccc(C(CO)COc2ccc(O)cc2)c1. The van der Waals surface area contributed by atoms with Crippen LogP contribution in [0.5, 0.6) is 11.5 Å². The van der Waals surface area contributed by atoms with E-state index in [4.69, 9.17) is 4.74 Å². The van der Waals surface area contributed by atoms with Gasteiger partial charge in [-0.2, -0.15) is 0 Å². The van der Waals surface area contributed by atoms with Crippen LogP contribution < -0.4 is 4.74 Å². The van der Waals surface area contributed by atoms with Crippen molar-refractivity contribution in [3.05, 3.63) is 59.7 Å². The molecule has 1 unspecified atom stereocenters. The fourth-order valence-corrected chi connectivity index (χ4v) is 1.92. The van der Waals surface area contributed by atoms with Gasteiger partial charge in [0.15, 0.2) is 0 Å². The number of phenols is 1. The first-order valence-electron chi connectivity index (χ1n) is 6.28. The van der Waals surface area contributed by atoms with Crippen LogP contribution in [0.1, 0.15) is 17.0 Å². The molecule has 3 nitrogen and oxygen atoms in total. The zero-order valence-electron chi connectivity index (χ0n) is 10.9. The molecule has 19 heavy (non-hydrogen) atoms. The Morgan fingerprint density at radius 2 is 1.84 bits per heavy atom. The smallest absolute Gasteiger partial charge is 0.119 e. The molecule has 0 aliphatic rings. The number of aromatic hydroxyl groups is 1. The molecular weight excluding hydrogens is 240 g/mol. The van der Waals surface area contributed by atoms with Crippen LogP contribution in [0.3, 0.4) is 0 Å². The predicted octanol–water partition coefficient (Wildman–Crippen LogP) is 2.86.